The molecule has 0 unspecified atom stereocenters. The highest BCUT2D eigenvalue weighted by atomic mass is 31.2. The molecule has 0 N–H and O–H groups in total. The second kappa shape index (κ2) is 13.2. The summed E-state index contributed by atoms with van der Waals surface area (Å²) in [7, 11) is 1.59. The SMILES string of the molecule is CCCC[P+](CCCC)(CCCC)/C(F)=C/Cc1ccc(OC)c(OC)c1. The smallest absolute Gasteiger partial charge is 0.234 e. The van der Waals surface area contributed by atoms with Gasteiger partial charge in [-0.05, 0) is 49.5 Å². The molecule has 0 radical (unpaired) electrons. The van der Waals surface area contributed by atoms with E-state index < -0.39 is 7.26 Å². The van der Waals surface area contributed by atoms with Gasteiger partial charge in [-0.3, -0.25) is 0 Å². The Labute approximate surface area is 166 Å². The summed E-state index contributed by atoms with van der Waals surface area (Å²) in [6.45, 7) is 6.62. The fourth-order valence-electron chi connectivity index (χ4n) is 3.44. The van der Waals surface area contributed by atoms with Gasteiger partial charge in [0.2, 0.25) is 5.57 Å². The number of halogens is 1. The monoisotopic (exact) mass is 397 g/mol. The van der Waals surface area contributed by atoms with Crippen molar-refractivity contribution in [2.45, 2.75) is 65.7 Å². The molecule has 0 aromatic heterocycles. The topological polar surface area (TPSA) is 18.5 Å². The third-order valence-electron chi connectivity index (χ3n) is 5.23. The average Bonchev–Trinajstić information content (AvgIpc) is 2.71. The number of ether oxygens (including phenoxy) is 2. The van der Waals surface area contributed by atoms with E-state index in [0.717, 1.165) is 62.6 Å². The van der Waals surface area contributed by atoms with Gasteiger partial charge in [0.1, 0.15) is 0 Å². The maximum Gasteiger partial charge on any atom is 0.234 e. The van der Waals surface area contributed by atoms with E-state index >= 15 is 4.39 Å². The summed E-state index contributed by atoms with van der Waals surface area (Å²) in [5.41, 5.74) is 1.26. The van der Waals surface area contributed by atoms with Gasteiger partial charge in [0.15, 0.2) is 11.5 Å². The van der Waals surface area contributed by atoms with Crippen molar-refractivity contribution >= 4 is 7.26 Å². The number of hydrogen-bond donors (Lipinski definition) is 0. The highest BCUT2D eigenvalue weighted by Crippen LogP contribution is 2.67. The lowest BCUT2D eigenvalue weighted by Gasteiger charge is -2.25. The van der Waals surface area contributed by atoms with Crippen molar-refractivity contribution in [1.29, 1.82) is 0 Å². The summed E-state index contributed by atoms with van der Waals surface area (Å²) in [5, 5.41) is 0. The number of allylic oxidation sites excluding steroid dienone is 1. The van der Waals surface area contributed by atoms with Gasteiger partial charge in [-0.2, -0.15) is 4.39 Å². The first-order valence-corrected chi connectivity index (χ1v) is 12.8. The van der Waals surface area contributed by atoms with Crippen LogP contribution in [0.1, 0.15) is 64.9 Å². The van der Waals surface area contributed by atoms with E-state index in [1.807, 2.05) is 24.3 Å². The molecule has 0 saturated heterocycles. The summed E-state index contributed by atoms with van der Waals surface area (Å²) in [6.07, 6.45) is 12.5. The van der Waals surface area contributed by atoms with E-state index in [0.29, 0.717) is 17.9 Å². The lowest BCUT2D eigenvalue weighted by Crippen LogP contribution is -2.10. The Kier molecular flexibility index (Phi) is 11.7. The minimum atomic E-state index is -1.67. The molecule has 4 heteroatoms. The van der Waals surface area contributed by atoms with Crippen molar-refractivity contribution in [1.82, 2.24) is 0 Å². The van der Waals surface area contributed by atoms with Crippen molar-refractivity contribution in [3.63, 3.8) is 0 Å². The maximum atomic E-state index is 15.6. The van der Waals surface area contributed by atoms with E-state index in [1.165, 1.54) is 0 Å². The van der Waals surface area contributed by atoms with Gasteiger partial charge in [-0.15, -0.1) is 0 Å². The Morgan fingerprint density at radius 1 is 0.889 bits per heavy atom. The number of hydrogen-bond acceptors (Lipinski definition) is 2. The molecule has 0 bridgehead atoms. The first-order chi connectivity index (χ1) is 13.1. The Morgan fingerprint density at radius 2 is 1.41 bits per heavy atom. The molecule has 0 amide bonds. The van der Waals surface area contributed by atoms with Crippen LogP contribution in [0.2, 0.25) is 0 Å². The molecule has 0 heterocycles. The number of unbranched alkanes of at least 4 members (excludes halogenated alkanes) is 3. The number of rotatable bonds is 14. The molecule has 1 rings (SSSR count). The summed E-state index contributed by atoms with van der Waals surface area (Å²) in [6, 6.07) is 5.84. The zero-order valence-electron chi connectivity index (χ0n) is 18.0. The van der Waals surface area contributed by atoms with E-state index in [9.17, 15) is 0 Å². The predicted octanol–water partition coefficient (Wildman–Crippen LogP) is 7.48. The third-order valence-corrected chi connectivity index (χ3v) is 9.83. The van der Waals surface area contributed by atoms with Crippen LogP contribution in [-0.2, 0) is 6.42 Å². The quantitative estimate of drug-likeness (QED) is 0.303. The molecule has 1 aromatic carbocycles. The zero-order valence-corrected chi connectivity index (χ0v) is 18.9. The molecule has 0 fully saturated rings. The minimum Gasteiger partial charge on any atom is -0.493 e. The fourth-order valence-corrected chi connectivity index (χ4v) is 8.00. The second-order valence-electron chi connectivity index (χ2n) is 7.30. The van der Waals surface area contributed by atoms with E-state index in [4.69, 9.17) is 9.47 Å². The van der Waals surface area contributed by atoms with Crippen LogP contribution in [-0.4, -0.2) is 32.7 Å². The van der Waals surface area contributed by atoms with Crippen molar-refractivity contribution in [2.75, 3.05) is 32.7 Å². The Balaban J connectivity index is 3.04. The first-order valence-electron chi connectivity index (χ1n) is 10.5. The molecule has 0 aliphatic carbocycles. The van der Waals surface area contributed by atoms with Gasteiger partial charge < -0.3 is 9.47 Å². The molecular weight excluding hydrogens is 358 g/mol. The van der Waals surface area contributed by atoms with Crippen LogP contribution < -0.4 is 9.47 Å². The highest BCUT2D eigenvalue weighted by Gasteiger charge is 2.41. The van der Waals surface area contributed by atoms with E-state index in [-0.39, 0.29) is 5.57 Å². The number of methoxy groups -OCH3 is 2. The van der Waals surface area contributed by atoms with Crippen LogP contribution in [0, 0.1) is 0 Å². The summed E-state index contributed by atoms with van der Waals surface area (Å²) in [5.74, 6) is 1.41. The summed E-state index contributed by atoms with van der Waals surface area (Å²) in [4.78, 5) is 0. The van der Waals surface area contributed by atoms with Crippen LogP contribution >= 0.6 is 7.26 Å². The molecule has 0 aliphatic heterocycles. The normalized spacial score (nSPS) is 12.3. The van der Waals surface area contributed by atoms with Crippen LogP contribution in [0.5, 0.6) is 11.5 Å². The molecule has 27 heavy (non-hydrogen) atoms. The summed E-state index contributed by atoms with van der Waals surface area (Å²) >= 11 is 0. The Hall–Kier alpha value is -1.08. The maximum absolute atomic E-state index is 15.6. The van der Waals surface area contributed by atoms with Gasteiger partial charge in [-0.25, -0.2) is 0 Å². The minimum absolute atomic E-state index is 0.202. The Morgan fingerprint density at radius 3 is 1.85 bits per heavy atom. The molecule has 1 aromatic rings. The predicted molar refractivity (Wildman–Crippen MR) is 119 cm³/mol. The van der Waals surface area contributed by atoms with E-state index in [1.54, 1.807) is 14.2 Å². The van der Waals surface area contributed by atoms with Gasteiger partial charge in [0.05, 0.1) is 40.0 Å². The van der Waals surface area contributed by atoms with Crippen molar-refractivity contribution < 1.29 is 13.9 Å². The van der Waals surface area contributed by atoms with Crippen LogP contribution in [0.3, 0.4) is 0 Å². The summed E-state index contributed by atoms with van der Waals surface area (Å²) < 4.78 is 26.2. The Bertz CT molecular complexity index is 550. The molecule has 0 atom stereocenters. The average molecular weight is 398 g/mol. The first kappa shape index (κ1) is 24.0. The van der Waals surface area contributed by atoms with E-state index in [2.05, 4.69) is 20.8 Å². The van der Waals surface area contributed by atoms with Crippen LogP contribution in [0.15, 0.2) is 29.8 Å². The van der Waals surface area contributed by atoms with Gasteiger partial charge in [-0.1, -0.05) is 46.1 Å². The number of benzene rings is 1. The highest BCUT2D eigenvalue weighted by molar-refractivity contribution is 7.79. The van der Waals surface area contributed by atoms with Gasteiger partial charge in [0.25, 0.3) is 0 Å². The van der Waals surface area contributed by atoms with Crippen LogP contribution in [0.4, 0.5) is 4.39 Å². The molecule has 2 nitrogen and oxygen atoms in total. The molecule has 0 saturated carbocycles. The standard InChI is InChI=1S/C23H39FO2P/c1-6-9-16-27(17-10-7-2,18-11-8-3)23(24)15-13-20-12-14-21(25-4)22(19-20)26-5/h12,14-15,19H,6-11,13,16-18H2,1-5H3/q+1/b23-15+. The third kappa shape index (κ3) is 7.45. The van der Waals surface area contributed by atoms with Crippen LogP contribution in [0.25, 0.3) is 0 Å². The molecule has 0 aliphatic rings. The van der Waals surface area contributed by atoms with Gasteiger partial charge >= 0.3 is 0 Å². The molecule has 154 valence electrons. The fraction of sp³-hybridized carbons (Fsp3) is 0.652. The zero-order chi connectivity index (χ0) is 20.1. The van der Waals surface area contributed by atoms with Crippen molar-refractivity contribution in [2.24, 2.45) is 0 Å². The molecule has 0 spiro atoms. The van der Waals surface area contributed by atoms with Gasteiger partial charge in [0, 0.05) is 0 Å². The lowest BCUT2D eigenvalue weighted by atomic mass is 10.1. The molecular formula is C23H39FO2P+. The second-order valence-corrected chi connectivity index (χ2v) is 11.4. The van der Waals surface area contributed by atoms with Crippen molar-refractivity contribution in [3.05, 3.63) is 35.4 Å². The lowest BCUT2D eigenvalue weighted by molar-refractivity contribution is 0.354. The van der Waals surface area contributed by atoms with Crippen molar-refractivity contribution in [3.8, 4) is 11.5 Å². The largest absolute Gasteiger partial charge is 0.493 e.